The minimum absolute atomic E-state index is 0.151. The van der Waals surface area contributed by atoms with Gasteiger partial charge in [0.05, 0.1) is 27.4 Å². The highest BCUT2D eigenvalue weighted by Crippen LogP contribution is 2.32. The summed E-state index contributed by atoms with van der Waals surface area (Å²) in [5, 5.41) is 10.5. The van der Waals surface area contributed by atoms with Gasteiger partial charge in [-0.1, -0.05) is 12.1 Å². The molecule has 6 nitrogen and oxygen atoms in total. The summed E-state index contributed by atoms with van der Waals surface area (Å²) in [6.07, 6.45) is 0.538. The first kappa shape index (κ1) is 19.9. The van der Waals surface area contributed by atoms with Gasteiger partial charge in [0.15, 0.2) is 18.3 Å². The highest BCUT2D eigenvalue weighted by molar-refractivity contribution is 5.44. The van der Waals surface area contributed by atoms with Crippen molar-refractivity contribution in [2.75, 3.05) is 35.2 Å². The van der Waals surface area contributed by atoms with Crippen LogP contribution < -0.4 is 18.9 Å². The summed E-state index contributed by atoms with van der Waals surface area (Å²) in [4.78, 5) is 0. The molecule has 0 aliphatic heterocycles. The Morgan fingerprint density at radius 3 is 2.27 bits per heavy atom. The average Bonchev–Trinajstić information content (AvgIpc) is 2.69. The van der Waals surface area contributed by atoms with Crippen LogP contribution in [0.25, 0.3) is 0 Å². The predicted octanol–water partition coefficient (Wildman–Crippen LogP) is 3.36. The van der Waals surface area contributed by atoms with E-state index < -0.39 is 6.10 Å². The van der Waals surface area contributed by atoms with Gasteiger partial charge in [-0.05, 0) is 42.2 Å². The van der Waals surface area contributed by atoms with Crippen molar-refractivity contribution in [2.45, 2.75) is 18.9 Å². The topological polar surface area (TPSA) is 66.4 Å². The van der Waals surface area contributed by atoms with E-state index in [0.717, 1.165) is 11.1 Å². The molecule has 26 heavy (non-hydrogen) atoms. The molecule has 2 rings (SSSR count). The zero-order valence-electron chi connectivity index (χ0n) is 15.7. The lowest BCUT2D eigenvalue weighted by atomic mass is 10.0. The van der Waals surface area contributed by atoms with Gasteiger partial charge >= 0.3 is 0 Å². The van der Waals surface area contributed by atoms with Gasteiger partial charge in [-0.2, -0.15) is 0 Å². The fourth-order valence-corrected chi connectivity index (χ4v) is 2.64. The molecule has 0 fully saturated rings. The number of rotatable bonds is 10. The van der Waals surface area contributed by atoms with Crippen LogP contribution in [-0.2, 0) is 11.2 Å². The van der Waals surface area contributed by atoms with Crippen LogP contribution in [0, 0.1) is 0 Å². The summed E-state index contributed by atoms with van der Waals surface area (Å²) in [5.41, 5.74) is 1.75. The van der Waals surface area contributed by atoms with E-state index in [-0.39, 0.29) is 6.79 Å². The molecule has 0 amide bonds. The Hall–Kier alpha value is -2.44. The maximum Gasteiger partial charge on any atom is 0.188 e. The summed E-state index contributed by atoms with van der Waals surface area (Å²) in [6.45, 7) is 0.151. The lowest BCUT2D eigenvalue weighted by Crippen LogP contribution is -2.05. The van der Waals surface area contributed by atoms with E-state index in [0.29, 0.717) is 35.8 Å². The van der Waals surface area contributed by atoms with Crippen LogP contribution in [-0.4, -0.2) is 40.3 Å². The molecule has 1 N–H and O–H groups in total. The van der Waals surface area contributed by atoms with Gasteiger partial charge in [0, 0.05) is 13.2 Å². The van der Waals surface area contributed by atoms with Crippen molar-refractivity contribution in [3.8, 4) is 23.0 Å². The molecular weight excluding hydrogens is 336 g/mol. The molecule has 0 aromatic heterocycles. The van der Waals surface area contributed by atoms with Crippen molar-refractivity contribution < 1.29 is 28.8 Å². The second kappa shape index (κ2) is 9.89. The summed E-state index contributed by atoms with van der Waals surface area (Å²) < 4.78 is 26.4. The molecule has 0 saturated heterocycles. The predicted molar refractivity (Wildman–Crippen MR) is 98.3 cm³/mol. The first-order chi connectivity index (χ1) is 12.6. The van der Waals surface area contributed by atoms with Gasteiger partial charge in [-0.3, -0.25) is 0 Å². The lowest BCUT2D eigenvalue weighted by Gasteiger charge is -2.16. The van der Waals surface area contributed by atoms with Crippen molar-refractivity contribution in [3.63, 3.8) is 0 Å². The summed E-state index contributed by atoms with van der Waals surface area (Å²) in [7, 11) is 6.33. The van der Waals surface area contributed by atoms with E-state index in [1.165, 1.54) is 0 Å². The van der Waals surface area contributed by atoms with Crippen molar-refractivity contribution >= 4 is 0 Å². The molecule has 0 radical (unpaired) electrons. The molecule has 0 aliphatic rings. The molecular formula is C20H26O6. The second-order valence-corrected chi connectivity index (χ2v) is 5.69. The third-order valence-electron chi connectivity index (χ3n) is 4.09. The average molecular weight is 362 g/mol. The highest BCUT2D eigenvalue weighted by Gasteiger charge is 2.14. The fraction of sp³-hybridized carbons (Fsp3) is 0.400. The van der Waals surface area contributed by atoms with Crippen molar-refractivity contribution in [3.05, 3.63) is 47.5 Å². The summed E-state index contributed by atoms with van der Waals surface area (Å²) >= 11 is 0. The maximum atomic E-state index is 10.5. The number of aliphatic hydroxyl groups excluding tert-OH is 1. The van der Waals surface area contributed by atoms with Crippen LogP contribution in [0.1, 0.15) is 23.7 Å². The smallest absolute Gasteiger partial charge is 0.188 e. The molecule has 2 aromatic carbocycles. The first-order valence-corrected chi connectivity index (χ1v) is 8.31. The van der Waals surface area contributed by atoms with Crippen LogP contribution in [0.4, 0.5) is 0 Å². The van der Waals surface area contributed by atoms with Gasteiger partial charge in [-0.15, -0.1) is 0 Å². The lowest BCUT2D eigenvalue weighted by molar-refractivity contribution is 0.0501. The molecule has 2 aromatic rings. The molecule has 142 valence electrons. The van der Waals surface area contributed by atoms with Crippen molar-refractivity contribution in [2.24, 2.45) is 0 Å². The summed E-state index contributed by atoms with van der Waals surface area (Å²) in [6, 6.07) is 11.0. The van der Waals surface area contributed by atoms with Crippen LogP contribution >= 0.6 is 0 Å². The number of methoxy groups -OCH3 is 4. The zero-order chi connectivity index (χ0) is 18.9. The Morgan fingerprint density at radius 2 is 1.62 bits per heavy atom. The second-order valence-electron chi connectivity index (χ2n) is 5.69. The highest BCUT2D eigenvalue weighted by atomic mass is 16.7. The van der Waals surface area contributed by atoms with E-state index in [1.54, 1.807) is 40.6 Å². The number of aryl methyl sites for hydroxylation is 1. The van der Waals surface area contributed by atoms with Crippen LogP contribution in [0.2, 0.25) is 0 Å². The molecule has 1 atom stereocenters. The van der Waals surface area contributed by atoms with Gasteiger partial charge in [0.2, 0.25) is 0 Å². The van der Waals surface area contributed by atoms with Crippen LogP contribution in [0.5, 0.6) is 23.0 Å². The third-order valence-corrected chi connectivity index (χ3v) is 4.09. The Bertz CT molecular complexity index is 701. The number of ether oxygens (including phenoxy) is 5. The molecule has 0 heterocycles. The number of hydrogen-bond donors (Lipinski definition) is 1. The molecule has 0 saturated carbocycles. The molecule has 6 heteroatoms. The standard InChI is InChI=1S/C20H26O6/c1-22-13-26-19-12-16(23-2)8-5-14(19)6-9-17(21)15-7-10-18(24-3)20(11-15)25-4/h5,7-8,10-12,17,21H,6,9,13H2,1-4H3. The van der Waals surface area contributed by atoms with Crippen LogP contribution in [0.15, 0.2) is 36.4 Å². The number of benzene rings is 2. The van der Waals surface area contributed by atoms with Gasteiger partial charge in [0.1, 0.15) is 11.5 Å². The molecule has 1 unspecified atom stereocenters. The molecule has 0 bridgehead atoms. The Labute approximate surface area is 154 Å². The maximum absolute atomic E-state index is 10.5. The Balaban J connectivity index is 2.10. The van der Waals surface area contributed by atoms with Gasteiger partial charge in [0.25, 0.3) is 0 Å². The van der Waals surface area contributed by atoms with E-state index in [4.69, 9.17) is 23.7 Å². The Kier molecular flexibility index (Phi) is 7.56. The van der Waals surface area contributed by atoms with Crippen molar-refractivity contribution in [1.82, 2.24) is 0 Å². The number of aliphatic hydroxyl groups is 1. The molecule has 0 aliphatic carbocycles. The van der Waals surface area contributed by atoms with E-state index >= 15 is 0 Å². The van der Waals surface area contributed by atoms with Crippen LogP contribution in [0.3, 0.4) is 0 Å². The largest absolute Gasteiger partial charge is 0.497 e. The quantitative estimate of drug-likeness (QED) is 0.654. The van der Waals surface area contributed by atoms with E-state index in [2.05, 4.69) is 0 Å². The minimum atomic E-state index is -0.632. The normalized spacial score (nSPS) is 11.7. The zero-order valence-corrected chi connectivity index (χ0v) is 15.7. The monoisotopic (exact) mass is 362 g/mol. The first-order valence-electron chi connectivity index (χ1n) is 8.31. The summed E-state index contributed by atoms with van der Waals surface area (Å²) in [5.74, 6) is 2.62. The van der Waals surface area contributed by atoms with E-state index in [1.807, 2.05) is 24.3 Å². The Morgan fingerprint density at radius 1 is 0.846 bits per heavy atom. The number of hydrogen-bond acceptors (Lipinski definition) is 6. The van der Waals surface area contributed by atoms with Gasteiger partial charge < -0.3 is 28.8 Å². The van der Waals surface area contributed by atoms with Crippen molar-refractivity contribution in [1.29, 1.82) is 0 Å². The molecule has 0 spiro atoms. The SMILES string of the molecule is COCOc1cc(OC)ccc1CCC(O)c1ccc(OC)c(OC)c1. The third kappa shape index (κ3) is 5.03. The van der Waals surface area contributed by atoms with Gasteiger partial charge in [-0.25, -0.2) is 0 Å². The minimum Gasteiger partial charge on any atom is -0.497 e. The fourth-order valence-electron chi connectivity index (χ4n) is 2.64. The van der Waals surface area contributed by atoms with E-state index in [9.17, 15) is 5.11 Å².